The number of halogens is 3. The topological polar surface area (TPSA) is 123 Å². The molecule has 3 aromatic carbocycles. The minimum absolute atomic E-state index is 0.00758. The van der Waals surface area contributed by atoms with E-state index in [0.29, 0.717) is 25.9 Å². The Kier molecular flexibility index (Phi) is 11.8. The van der Waals surface area contributed by atoms with E-state index in [1.165, 1.54) is 28.4 Å². The summed E-state index contributed by atoms with van der Waals surface area (Å²) < 4.78 is 46.2. The van der Waals surface area contributed by atoms with Gasteiger partial charge >= 0.3 is 18.2 Å². The zero-order valence-electron chi connectivity index (χ0n) is 30.9. The van der Waals surface area contributed by atoms with E-state index in [2.05, 4.69) is 10.2 Å². The molecule has 5 atom stereocenters. The molecule has 4 aliphatic rings. The Morgan fingerprint density at radius 1 is 0.875 bits per heavy atom. The standard InChI is InChI=1S/C42H46F3N5O6/c43-42(44,45)31-16-10-13-29(25-31)26-46-38(51)36(37(40(53)54)48-23-19-32(20-24-48)47-21-8-3-9-22-47)49-33(18-17-28-11-4-1-5-12-28)35(39(49)52)50-34(27-56-41(50)55)30-14-6-2-7-15-30/h1-2,4-7,10-18,25,32-37H,3,8-9,19-24,26-27H2,(H,46,51)(H,53,54)/t33-,34+,35+,36-,37?/m1/s1. The highest BCUT2D eigenvalue weighted by Gasteiger charge is 2.60. The normalized spacial score (nSPS) is 23.8. The molecule has 14 heteroatoms. The Bertz CT molecular complexity index is 1900. The fourth-order valence-electron chi connectivity index (χ4n) is 8.64. The molecule has 0 spiro atoms. The summed E-state index contributed by atoms with van der Waals surface area (Å²) in [5.41, 5.74) is 0.776. The summed E-state index contributed by atoms with van der Waals surface area (Å²) >= 11 is 0. The number of carboxylic acids is 1. The van der Waals surface area contributed by atoms with Gasteiger partial charge in [-0.05, 0) is 67.6 Å². The minimum atomic E-state index is -4.61. The van der Waals surface area contributed by atoms with Crippen molar-refractivity contribution in [2.75, 3.05) is 32.8 Å². The molecule has 0 saturated carbocycles. The van der Waals surface area contributed by atoms with Crippen molar-refractivity contribution in [1.82, 2.24) is 24.9 Å². The maximum absolute atomic E-state index is 14.7. The summed E-state index contributed by atoms with van der Waals surface area (Å²) in [6.07, 6.45) is 2.88. The number of hydrogen-bond donors (Lipinski definition) is 2. The minimum Gasteiger partial charge on any atom is -0.480 e. The Labute approximate surface area is 323 Å². The number of carboxylic acid groups (broad SMARTS) is 1. The van der Waals surface area contributed by atoms with Gasteiger partial charge in [0.1, 0.15) is 24.7 Å². The summed E-state index contributed by atoms with van der Waals surface area (Å²) in [4.78, 5) is 62.8. The number of aliphatic carboxylic acids is 1. The average Bonchev–Trinajstić information content (AvgIpc) is 3.58. The lowest BCUT2D eigenvalue weighted by Gasteiger charge is -2.54. The maximum Gasteiger partial charge on any atom is 0.416 e. The molecule has 0 aromatic heterocycles. The third-order valence-electron chi connectivity index (χ3n) is 11.5. The highest BCUT2D eigenvalue weighted by Crippen LogP contribution is 2.40. The molecule has 4 fully saturated rings. The van der Waals surface area contributed by atoms with E-state index < -0.39 is 65.8 Å². The van der Waals surface area contributed by atoms with Gasteiger partial charge in [-0.25, -0.2) is 4.79 Å². The van der Waals surface area contributed by atoms with Crippen molar-refractivity contribution >= 4 is 30.0 Å². The molecular weight excluding hydrogens is 727 g/mol. The number of ether oxygens (including phenoxy) is 1. The lowest BCUT2D eigenvalue weighted by atomic mass is 9.85. The highest BCUT2D eigenvalue weighted by atomic mass is 19.4. The number of benzene rings is 3. The number of nitrogens with zero attached hydrogens (tertiary/aromatic N) is 4. The number of carbonyl (C=O) groups is 4. The number of rotatable bonds is 12. The number of cyclic esters (lactones) is 1. The van der Waals surface area contributed by atoms with Crippen molar-refractivity contribution in [1.29, 1.82) is 0 Å². The van der Waals surface area contributed by atoms with E-state index in [1.54, 1.807) is 17.1 Å². The van der Waals surface area contributed by atoms with Crippen molar-refractivity contribution in [2.45, 2.75) is 81.1 Å². The second kappa shape index (κ2) is 16.9. The fourth-order valence-corrected chi connectivity index (χ4v) is 8.64. The molecule has 296 valence electrons. The number of piperidine rings is 2. The largest absolute Gasteiger partial charge is 0.480 e. The zero-order chi connectivity index (χ0) is 39.4. The third kappa shape index (κ3) is 8.31. The number of alkyl halides is 3. The molecule has 1 unspecified atom stereocenters. The molecule has 4 heterocycles. The number of nitrogens with one attached hydrogen (secondary N) is 1. The van der Waals surface area contributed by atoms with Crippen LogP contribution in [0.2, 0.25) is 0 Å². The van der Waals surface area contributed by atoms with E-state index in [1.807, 2.05) is 60.7 Å². The van der Waals surface area contributed by atoms with Gasteiger partial charge < -0.3 is 25.0 Å². The van der Waals surface area contributed by atoms with Crippen LogP contribution in [0.15, 0.2) is 91.0 Å². The molecule has 0 bridgehead atoms. The van der Waals surface area contributed by atoms with Crippen LogP contribution >= 0.6 is 0 Å². The van der Waals surface area contributed by atoms with Crippen LogP contribution in [0.3, 0.4) is 0 Å². The molecular formula is C42H46F3N5O6. The van der Waals surface area contributed by atoms with E-state index in [-0.39, 0.29) is 24.8 Å². The van der Waals surface area contributed by atoms with Crippen LogP contribution in [0.1, 0.15) is 60.4 Å². The predicted octanol–water partition coefficient (Wildman–Crippen LogP) is 5.58. The van der Waals surface area contributed by atoms with Crippen LogP contribution in [0.4, 0.5) is 18.0 Å². The molecule has 2 N–H and O–H groups in total. The first kappa shape index (κ1) is 39.0. The maximum atomic E-state index is 14.7. The smallest absolute Gasteiger partial charge is 0.416 e. The van der Waals surface area contributed by atoms with Crippen LogP contribution in [-0.4, -0.2) is 112 Å². The summed E-state index contributed by atoms with van der Waals surface area (Å²) in [6.45, 7) is 2.34. The SMILES string of the molecule is O=C(O)C([C@H](C(=O)NCc1cccc(C(F)(F)F)c1)N1C(=O)[C@@H](N2C(=O)OC[C@H]2c2ccccc2)[C@H]1C=Cc1ccccc1)N1CCC(N2CCCCC2)CC1. The van der Waals surface area contributed by atoms with Crippen LogP contribution in [0, 0.1) is 0 Å². The van der Waals surface area contributed by atoms with Crippen molar-refractivity contribution in [3.8, 4) is 0 Å². The first-order valence-electron chi connectivity index (χ1n) is 19.2. The highest BCUT2D eigenvalue weighted by molar-refractivity contribution is 6.00. The average molecular weight is 774 g/mol. The summed E-state index contributed by atoms with van der Waals surface area (Å²) in [6, 6.07) is 17.3. The molecule has 4 saturated heterocycles. The van der Waals surface area contributed by atoms with Gasteiger partial charge in [-0.1, -0.05) is 91.4 Å². The second-order valence-corrected chi connectivity index (χ2v) is 14.9. The van der Waals surface area contributed by atoms with Gasteiger partial charge in [0, 0.05) is 25.7 Å². The van der Waals surface area contributed by atoms with Gasteiger partial charge in [-0.15, -0.1) is 0 Å². The Morgan fingerprint density at radius 2 is 1.55 bits per heavy atom. The van der Waals surface area contributed by atoms with Crippen LogP contribution < -0.4 is 5.32 Å². The van der Waals surface area contributed by atoms with Gasteiger partial charge in [0.05, 0.1) is 17.6 Å². The van der Waals surface area contributed by atoms with Gasteiger partial charge in [0.25, 0.3) is 0 Å². The summed E-state index contributed by atoms with van der Waals surface area (Å²) in [5.74, 6) is -2.78. The first-order valence-corrected chi connectivity index (χ1v) is 19.2. The second-order valence-electron chi connectivity index (χ2n) is 14.9. The van der Waals surface area contributed by atoms with Gasteiger partial charge in [0.15, 0.2) is 0 Å². The molecule has 0 radical (unpaired) electrons. The zero-order valence-corrected chi connectivity index (χ0v) is 30.9. The predicted molar refractivity (Wildman–Crippen MR) is 201 cm³/mol. The molecule has 4 aliphatic heterocycles. The number of carbonyl (C=O) groups excluding carboxylic acids is 3. The van der Waals surface area contributed by atoms with Gasteiger partial charge in [-0.3, -0.25) is 24.2 Å². The lowest BCUT2D eigenvalue weighted by molar-refractivity contribution is -0.170. The quantitative estimate of drug-likeness (QED) is 0.229. The van der Waals surface area contributed by atoms with E-state index in [9.17, 15) is 37.5 Å². The van der Waals surface area contributed by atoms with Crippen LogP contribution in [0.5, 0.6) is 0 Å². The van der Waals surface area contributed by atoms with Crippen LogP contribution in [-0.2, 0) is 31.8 Å². The van der Waals surface area contributed by atoms with E-state index in [0.717, 1.165) is 49.2 Å². The number of hydrogen-bond acceptors (Lipinski definition) is 7. The van der Waals surface area contributed by atoms with Crippen molar-refractivity contribution < 1.29 is 42.2 Å². The number of β-lactam (4-membered cyclic amide) rings is 1. The van der Waals surface area contributed by atoms with Gasteiger partial charge in [0.2, 0.25) is 11.8 Å². The molecule has 56 heavy (non-hydrogen) atoms. The number of likely N-dealkylation sites (tertiary alicyclic amines) is 3. The molecule has 3 amide bonds. The van der Waals surface area contributed by atoms with E-state index >= 15 is 0 Å². The molecule has 3 aromatic rings. The van der Waals surface area contributed by atoms with Crippen molar-refractivity contribution in [3.63, 3.8) is 0 Å². The molecule has 11 nitrogen and oxygen atoms in total. The first-order chi connectivity index (χ1) is 27.0. The fraction of sp³-hybridized carbons (Fsp3) is 0.429. The van der Waals surface area contributed by atoms with Crippen molar-refractivity contribution in [3.05, 3.63) is 113 Å². The monoisotopic (exact) mass is 773 g/mol. The molecule has 7 rings (SSSR count). The molecule has 0 aliphatic carbocycles. The van der Waals surface area contributed by atoms with E-state index in [4.69, 9.17) is 4.74 Å². The number of amides is 3. The summed E-state index contributed by atoms with van der Waals surface area (Å²) in [7, 11) is 0. The van der Waals surface area contributed by atoms with Crippen molar-refractivity contribution in [2.24, 2.45) is 0 Å². The van der Waals surface area contributed by atoms with Crippen LogP contribution in [0.25, 0.3) is 6.08 Å². The van der Waals surface area contributed by atoms with Gasteiger partial charge in [-0.2, -0.15) is 13.2 Å². The lowest BCUT2D eigenvalue weighted by Crippen LogP contribution is -2.77. The Hall–Kier alpha value is -5.21. The Morgan fingerprint density at radius 3 is 2.21 bits per heavy atom. The summed E-state index contributed by atoms with van der Waals surface area (Å²) in [5, 5.41) is 13.6. The Balaban J connectivity index is 1.24. The third-order valence-corrected chi connectivity index (χ3v) is 11.5.